The van der Waals surface area contributed by atoms with Crippen LogP contribution < -0.4 is 28.5 Å². The summed E-state index contributed by atoms with van der Waals surface area (Å²) in [6.07, 6.45) is 0.135. The van der Waals surface area contributed by atoms with Crippen molar-refractivity contribution in [2.24, 2.45) is 22.4 Å². The van der Waals surface area contributed by atoms with E-state index in [1.807, 2.05) is 0 Å². The minimum Gasteiger partial charge on any atom is -0.394 e. The van der Waals surface area contributed by atoms with E-state index < -0.39 is 17.5 Å². The highest BCUT2D eigenvalue weighted by molar-refractivity contribution is 5.78. The first kappa shape index (κ1) is 15.3. The van der Waals surface area contributed by atoms with Gasteiger partial charge in [-0.3, -0.25) is 14.2 Å². The Hall–Kier alpha value is -2.71. The molecule has 0 radical (unpaired) electrons. The van der Waals surface area contributed by atoms with Crippen molar-refractivity contribution in [3.05, 3.63) is 28.2 Å². The average molecular weight is 282 g/mol. The van der Waals surface area contributed by atoms with Crippen molar-refractivity contribution in [3.63, 3.8) is 0 Å². The number of anilines is 1. The second kappa shape index (κ2) is 6.45. The molecule has 9 heteroatoms. The maximum atomic E-state index is 12.0. The molecule has 0 spiro atoms. The molecule has 1 aromatic rings. The number of carbonyl (C=O) groups excluding carboxylic acids is 1. The van der Waals surface area contributed by atoms with E-state index in [1.165, 1.54) is 10.6 Å². The summed E-state index contributed by atoms with van der Waals surface area (Å²) < 4.78 is 1.23. The van der Waals surface area contributed by atoms with Crippen molar-refractivity contribution in [3.8, 4) is 0 Å². The minimum absolute atomic E-state index is 0.0200. The molecule has 8 N–H and O–H groups in total. The van der Waals surface area contributed by atoms with E-state index in [2.05, 4.69) is 5.16 Å². The van der Waals surface area contributed by atoms with Crippen LogP contribution in [0.4, 0.5) is 5.69 Å². The Kier molecular flexibility index (Phi) is 4.95. The van der Waals surface area contributed by atoms with Crippen molar-refractivity contribution < 1.29 is 9.63 Å². The van der Waals surface area contributed by atoms with Crippen molar-refractivity contribution in [2.75, 3.05) is 12.3 Å². The highest BCUT2D eigenvalue weighted by atomic mass is 16.6. The zero-order valence-electron chi connectivity index (χ0n) is 11.1. The fourth-order valence-electron chi connectivity index (χ4n) is 1.73. The fourth-order valence-corrected chi connectivity index (χ4v) is 1.73. The van der Waals surface area contributed by atoms with Crippen LogP contribution in [0, 0.1) is 6.92 Å². The molecular formula is C11H18N6O3. The van der Waals surface area contributed by atoms with E-state index >= 15 is 0 Å². The van der Waals surface area contributed by atoms with Crippen LogP contribution in [0.25, 0.3) is 0 Å². The van der Waals surface area contributed by atoms with Crippen LogP contribution in [0.1, 0.15) is 18.2 Å². The number of carbonyl (C=O) groups is 1. The van der Waals surface area contributed by atoms with Crippen molar-refractivity contribution in [2.45, 2.75) is 19.4 Å². The molecule has 20 heavy (non-hydrogen) atoms. The molecule has 1 atom stereocenters. The van der Waals surface area contributed by atoms with Gasteiger partial charge in [-0.1, -0.05) is 0 Å². The third kappa shape index (κ3) is 3.64. The Morgan fingerprint density at radius 2 is 2.05 bits per heavy atom. The second-order valence-corrected chi connectivity index (χ2v) is 4.16. The average Bonchev–Trinajstić information content (AvgIpc) is 2.36. The lowest BCUT2D eigenvalue weighted by Crippen LogP contribution is -2.36. The summed E-state index contributed by atoms with van der Waals surface area (Å²) in [5.41, 5.74) is 21.2. The first-order valence-electron chi connectivity index (χ1n) is 5.82. The molecule has 0 fully saturated rings. The zero-order chi connectivity index (χ0) is 15.3. The summed E-state index contributed by atoms with van der Waals surface area (Å²) in [4.78, 5) is 28.3. The predicted octanol–water partition coefficient (Wildman–Crippen LogP) is -1.64. The smallest absolute Gasteiger partial charge is 0.274 e. The maximum absolute atomic E-state index is 12.0. The molecule has 9 nitrogen and oxygen atoms in total. The number of rotatable bonds is 6. The van der Waals surface area contributed by atoms with Crippen LogP contribution in [-0.4, -0.2) is 23.0 Å². The third-order valence-corrected chi connectivity index (χ3v) is 2.64. The molecule has 1 heterocycles. The highest BCUT2D eigenvalue weighted by Crippen LogP contribution is 2.13. The van der Waals surface area contributed by atoms with Crippen LogP contribution in [0.15, 0.2) is 22.1 Å². The molecule has 1 amide bonds. The van der Waals surface area contributed by atoms with Crippen molar-refractivity contribution in [1.29, 1.82) is 0 Å². The first-order chi connectivity index (χ1) is 9.34. The lowest BCUT2D eigenvalue weighted by atomic mass is 10.1. The zero-order valence-corrected chi connectivity index (χ0v) is 11.1. The quantitative estimate of drug-likeness (QED) is 0.211. The Balaban J connectivity index is 2.98. The number of guanidine groups is 1. The number of amides is 1. The van der Waals surface area contributed by atoms with Gasteiger partial charge in [0.2, 0.25) is 11.9 Å². The topological polar surface area (TPSA) is 165 Å². The van der Waals surface area contributed by atoms with Gasteiger partial charge in [0.1, 0.15) is 12.6 Å². The van der Waals surface area contributed by atoms with Crippen molar-refractivity contribution in [1.82, 2.24) is 4.57 Å². The summed E-state index contributed by atoms with van der Waals surface area (Å²) in [6, 6.07) is 2.21. The minimum atomic E-state index is -0.889. The Morgan fingerprint density at radius 1 is 1.40 bits per heavy atom. The molecular weight excluding hydrogens is 264 g/mol. The van der Waals surface area contributed by atoms with Gasteiger partial charge in [-0.2, -0.15) is 0 Å². The largest absolute Gasteiger partial charge is 0.394 e. The lowest BCUT2D eigenvalue weighted by Gasteiger charge is -2.19. The number of hydrogen-bond acceptors (Lipinski definition) is 5. The van der Waals surface area contributed by atoms with E-state index in [4.69, 9.17) is 27.8 Å². The number of nitrogens with zero attached hydrogens (tertiary/aromatic N) is 2. The summed E-state index contributed by atoms with van der Waals surface area (Å²) in [7, 11) is 0. The van der Waals surface area contributed by atoms with Gasteiger partial charge < -0.3 is 27.8 Å². The number of primary amides is 1. The van der Waals surface area contributed by atoms with Gasteiger partial charge in [0.25, 0.3) is 5.56 Å². The monoisotopic (exact) mass is 282 g/mol. The number of oxime groups is 1. The Labute approximate surface area is 115 Å². The summed E-state index contributed by atoms with van der Waals surface area (Å²) in [5, 5.41) is 3.32. The highest BCUT2D eigenvalue weighted by Gasteiger charge is 2.21. The van der Waals surface area contributed by atoms with Gasteiger partial charge in [0, 0.05) is 12.1 Å². The summed E-state index contributed by atoms with van der Waals surface area (Å²) in [5.74, 6) is -0.910. The molecule has 1 aromatic heterocycles. The Morgan fingerprint density at radius 3 is 2.60 bits per heavy atom. The molecule has 0 saturated carbocycles. The van der Waals surface area contributed by atoms with Crippen LogP contribution >= 0.6 is 0 Å². The van der Waals surface area contributed by atoms with Gasteiger partial charge in [-0.25, -0.2) is 0 Å². The van der Waals surface area contributed by atoms with Crippen molar-refractivity contribution >= 4 is 17.6 Å². The van der Waals surface area contributed by atoms with Crippen LogP contribution in [0.5, 0.6) is 0 Å². The molecule has 0 aliphatic heterocycles. The summed E-state index contributed by atoms with van der Waals surface area (Å²) >= 11 is 0. The molecule has 1 unspecified atom stereocenters. The number of nitrogen functional groups attached to an aromatic ring is 1. The van der Waals surface area contributed by atoms with Gasteiger partial charge in [-0.15, -0.1) is 0 Å². The van der Waals surface area contributed by atoms with E-state index in [-0.39, 0.29) is 24.7 Å². The SMILES string of the molecule is Cc1ccc(N)c(=O)n1C(CCON=C(N)N)C(N)=O. The fraction of sp³-hybridized carbons (Fsp3) is 0.364. The molecule has 0 bridgehead atoms. The maximum Gasteiger partial charge on any atom is 0.274 e. The molecule has 0 aromatic carbocycles. The lowest BCUT2D eigenvalue weighted by molar-refractivity contribution is -0.121. The van der Waals surface area contributed by atoms with Gasteiger partial charge in [0.15, 0.2) is 0 Å². The van der Waals surface area contributed by atoms with E-state index in [1.54, 1.807) is 13.0 Å². The number of pyridine rings is 1. The van der Waals surface area contributed by atoms with E-state index in [0.717, 1.165) is 0 Å². The van der Waals surface area contributed by atoms with Gasteiger partial charge >= 0.3 is 0 Å². The number of aryl methyl sites for hydroxylation is 1. The summed E-state index contributed by atoms with van der Waals surface area (Å²) in [6.45, 7) is 1.69. The van der Waals surface area contributed by atoms with E-state index in [0.29, 0.717) is 5.69 Å². The van der Waals surface area contributed by atoms with Gasteiger partial charge in [0.05, 0.1) is 5.69 Å². The third-order valence-electron chi connectivity index (χ3n) is 2.64. The molecule has 1 rings (SSSR count). The predicted molar refractivity (Wildman–Crippen MR) is 74.5 cm³/mol. The second-order valence-electron chi connectivity index (χ2n) is 4.16. The number of aromatic nitrogens is 1. The van der Waals surface area contributed by atoms with E-state index in [9.17, 15) is 9.59 Å². The number of hydrogen-bond donors (Lipinski definition) is 4. The normalized spacial score (nSPS) is 11.7. The van der Waals surface area contributed by atoms with Gasteiger partial charge in [-0.05, 0) is 24.2 Å². The standard InChI is InChI=1S/C11H18N6O3/c1-6-2-3-7(12)10(19)17(6)8(9(13)18)4-5-20-16-11(14)15/h2-3,8H,4-5,12H2,1H3,(H2,13,18)(H4,14,15,16). The first-order valence-corrected chi connectivity index (χ1v) is 5.82. The molecule has 0 aliphatic rings. The van der Waals surface area contributed by atoms with Crippen LogP contribution in [-0.2, 0) is 9.63 Å². The van der Waals surface area contributed by atoms with Crippen LogP contribution in [0.2, 0.25) is 0 Å². The molecule has 110 valence electrons. The number of nitrogens with two attached hydrogens (primary N) is 4. The molecule has 0 aliphatic carbocycles. The van der Waals surface area contributed by atoms with Crippen LogP contribution in [0.3, 0.4) is 0 Å². The molecule has 0 saturated heterocycles. The Bertz CT molecular complexity index is 576.